The lowest BCUT2D eigenvalue weighted by Gasteiger charge is -2.10. The predicted molar refractivity (Wildman–Crippen MR) is 136 cm³/mol. The van der Waals surface area contributed by atoms with Crippen LogP contribution in [0.3, 0.4) is 0 Å². The van der Waals surface area contributed by atoms with Crippen LogP contribution < -0.4 is 11.1 Å². The highest BCUT2D eigenvalue weighted by molar-refractivity contribution is 5.95. The Morgan fingerprint density at radius 1 is 0.882 bits per heavy atom. The number of aliphatic hydroxyl groups is 1. The first-order chi connectivity index (χ1) is 16.7. The topological polar surface area (TPSA) is 105 Å². The highest BCUT2D eigenvalue weighted by atomic mass is 16.3. The number of hydrogen-bond acceptors (Lipinski definition) is 5. The minimum absolute atomic E-state index is 0.0323. The van der Waals surface area contributed by atoms with Gasteiger partial charge in [-0.15, -0.1) is 0 Å². The van der Waals surface area contributed by atoms with Crippen molar-refractivity contribution in [1.29, 1.82) is 0 Å². The van der Waals surface area contributed by atoms with Gasteiger partial charge in [-0.25, -0.2) is 4.98 Å². The fourth-order valence-corrected chi connectivity index (χ4v) is 4.25. The number of imidazole rings is 1. The van der Waals surface area contributed by atoms with E-state index in [1.54, 1.807) is 0 Å². The van der Waals surface area contributed by atoms with Gasteiger partial charge in [-0.2, -0.15) is 5.10 Å². The maximum atomic E-state index is 9.66. The van der Waals surface area contributed by atoms with Crippen LogP contribution >= 0.6 is 0 Å². The monoisotopic (exact) mass is 446 g/mol. The molecule has 34 heavy (non-hydrogen) atoms. The van der Waals surface area contributed by atoms with Gasteiger partial charge < -0.3 is 16.2 Å². The zero-order chi connectivity index (χ0) is 23.1. The summed E-state index contributed by atoms with van der Waals surface area (Å²) in [6, 6.07) is 29.8. The van der Waals surface area contributed by atoms with E-state index in [2.05, 4.69) is 27.6 Å². The number of aromatic nitrogens is 4. The number of aliphatic hydroxyl groups excluding tert-OH is 1. The summed E-state index contributed by atoms with van der Waals surface area (Å²) in [5, 5.41) is 21.7. The second-order valence-electron chi connectivity index (χ2n) is 8.17. The molecule has 7 nitrogen and oxygen atoms in total. The lowest BCUT2D eigenvalue weighted by molar-refractivity contribution is 0.282. The van der Waals surface area contributed by atoms with E-state index in [1.807, 2.05) is 83.4 Å². The Labute approximate surface area is 195 Å². The van der Waals surface area contributed by atoms with Crippen LogP contribution in [0.25, 0.3) is 38.8 Å². The number of H-pyrrole nitrogens is 1. The van der Waals surface area contributed by atoms with Crippen molar-refractivity contribution in [3.63, 3.8) is 0 Å². The Morgan fingerprint density at radius 3 is 2.56 bits per heavy atom. The van der Waals surface area contributed by atoms with E-state index in [0.717, 1.165) is 50.0 Å². The first-order valence-electron chi connectivity index (χ1n) is 11.0. The van der Waals surface area contributed by atoms with Crippen molar-refractivity contribution in [2.24, 2.45) is 0 Å². The van der Waals surface area contributed by atoms with Gasteiger partial charge in [-0.1, -0.05) is 42.5 Å². The second kappa shape index (κ2) is 8.06. The zero-order valence-electron chi connectivity index (χ0n) is 18.2. The summed E-state index contributed by atoms with van der Waals surface area (Å²) in [5.41, 5.74) is 13.2. The molecule has 2 aromatic heterocycles. The smallest absolute Gasteiger partial charge is 0.214 e. The molecule has 2 heterocycles. The molecule has 6 rings (SSSR count). The minimum Gasteiger partial charge on any atom is -0.399 e. The number of para-hydroxylation sites is 1. The average molecular weight is 447 g/mol. The number of nitrogens with one attached hydrogen (secondary N) is 2. The van der Waals surface area contributed by atoms with Crippen LogP contribution in [-0.2, 0) is 6.61 Å². The fraction of sp³-hybridized carbons (Fsp3) is 0.0370. The number of nitrogens with two attached hydrogens (primary N) is 1. The number of aromatic amines is 1. The number of anilines is 3. The summed E-state index contributed by atoms with van der Waals surface area (Å²) in [7, 11) is 0. The third-order valence-electron chi connectivity index (χ3n) is 5.93. The van der Waals surface area contributed by atoms with Crippen LogP contribution in [-0.4, -0.2) is 24.9 Å². The zero-order valence-corrected chi connectivity index (χ0v) is 18.2. The van der Waals surface area contributed by atoms with Gasteiger partial charge in [0.25, 0.3) is 0 Å². The van der Waals surface area contributed by atoms with E-state index in [0.29, 0.717) is 11.8 Å². The fourth-order valence-electron chi connectivity index (χ4n) is 4.25. The minimum atomic E-state index is -0.0323. The van der Waals surface area contributed by atoms with Gasteiger partial charge in [0, 0.05) is 16.8 Å². The lowest BCUT2D eigenvalue weighted by Crippen LogP contribution is -2.02. The molecule has 0 saturated carbocycles. The van der Waals surface area contributed by atoms with Gasteiger partial charge in [0.2, 0.25) is 5.95 Å². The van der Waals surface area contributed by atoms with E-state index < -0.39 is 0 Å². The first-order valence-corrected chi connectivity index (χ1v) is 11.0. The SMILES string of the molecule is Nc1cccc(-c2ccc3[nH]nc(Nc4nc5ccc(CO)cc5n4-c4ccccc4)c3c2)c1. The van der Waals surface area contributed by atoms with Gasteiger partial charge in [-0.05, 0) is 65.2 Å². The van der Waals surface area contributed by atoms with Gasteiger partial charge >= 0.3 is 0 Å². The summed E-state index contributed by atoms with van der Waals surface area (Å²) in [5.74, 6) is 1.31. The molecule has 0 unspecified atom stereocenters. The van der Waals surface area contributed by atoms with Crippen molar-refractivity contribution >= 4 is 39.4 Å². The summed E-state index contributed by atoms with van der Waals surface area (Å²) >= 11 is 0. The molecular weight excluding hydrogens is 424 g/mol. The molecule has 0 fully saturated rings. The Kier molecular flexibility index (Phi) is 4.75. The van der Waals surface area contributed by atoms with Crippen LogP contribution in [0.4, 0.5) is 17.5 Å². The summed E-state index contributed by atoms with van der Waals surface area (Å²) < 4.78 is 2.04. The standard InChI is InChI=1S/C27H22N6O/c28-20-6-4-5-18(14-20)19-10-12-23-22(15-19)26(32-31-23)30-27-29-24-11-9-17(16-34)13-25(24)33(27)21-7-2-1-3-8-21/h1-15,34H,16,28H2,(H2,29,30,31,32). The van der Waals surface area contributed by atoms with Crippen molar-refractivity contribution in [2.75, 3.05) is 11.1 Å². The third-order valence-corrected chi connectivity index (χ3v) is 5.93. The molecule has 0 spiro atoms. The number of benzene rings is 4. The van der Waals surface area contributed by atoms with Crippen LogP contribution in [0.1, 0.15) is 5.56 Å². The lowest BCUT2D eigenvalue weighted by atomic mass is 10.0. The number of rotatable bonds is 5. The van der Waals surface area contributed by atoms with Gasteiger partial charge in [0.15, 0.2) is 5.82 Å². The Hall–Kier alpha value is -4.62. The molecule has 7 heteroatoms. The molecule has 0 amide bonds. The van der Waals surface area contributed by atoms with Crippen LogP contribution in [0.2, 0.25) is 0 Å². The predicted octanol–water partition coefficient (Wildman–Crippen LogP) is 5.39. The van der Waals surface area contributed by atoms with E-state index in [9.17, 15) is 5.11 Å². The van der Waals surface area contributed by atoms with E-state index in [1.165, 1.54) is 0 Å². The molecule has 0 atom stereocenters. The van der Waals surface area contributed by atoms with E-state index in [-0.39, 0.29) is 6.61 Å². The van der Waals surface area contributed by atoms with E-state index >= 15 is 0 Å². The normalized spacial score (nSPS) is 11.3. The maximum absolute atomic E-state index is 9.66. The molecule has 5 N–H and O–H groups in total. The van der Waals surface area contributed by atoms with Gasteiger partial charge in [-0.3, -0.25) is 9.67 Å². The Balaban J connectivity index is 1.49. The van der Waals surface area contributed by atoms with Crippen LogP contribution in [0, 0.1) is 0 Å². The van der Waals surface area contributed by atoms with Crippen LogP contribution in [0.5, 0.6) is 0 Å². The Bertz CT molecular complexity index is 1630. The quantitative estimate of drug-likeness (QED) is 0.266. The highest BCUT2D eigenvalue weighted by Gasteiger charge is 2.16. The van der Waals surface area contributed by atoms with Crippen molar-refractivity contribution in [3.05, 3.63) is 96.6 Å². The van der Waals surface area contributed by atoms with Crippen molar-refractivity contribution < 1.29 is 5.11 Å². The van der Waals surface area contributed by atoms with Gasteiger partial charge in [0.1, 0.15) is 0 Å². The molecule has 0 aliphatic heterocycles. The molecule has 0 radical (unpaired) electrons. The first kappa shape index (κ1) is 20.0. The number of nitrogens with zero attached hydrogens (tertiary/aromatic N) is 3. The second-order valence-corrected chi connectivity index (χ2v) is 8.17. The number of fused-ring (bicyclic) bond motifs is 2. The third kappa shape index (κ3) is 3.44. The molecule has 0 bridgehead atoms. The highest BCUT2D eigenvalue weighted by Crippen LogP contribution is 2.32. The molecule has 0 saturated heterocycles. The molecule has 4 aromatic carbocycles. The van der Waals surface area contributed by atoms with Crippen LogP contribution in [0.15, 0.2) is 91.0 Å². The summed E-state index contributed by atoms with van der Waals surface area (Å²) in [6.45, 7) is -0.0323. The molecule has 166 valence electrons. The van der Waals surface area contributed by atoms with Gasteiger partial charge in [0.05, 0.1) is 23.2 Å². The summed E-state index contributed by atoms with van der Waals surface area (Å²) in [4.78, 5) is 4.84. The van der Waals surface area contributed by atoms with E-state index in [4.69, 9.17) is 10.7 Å². The summed E-state index contributed by atoms with van der Waals surface area (Å²) in [6.07, 6.45) is 0. The maximum Gasteiger partial charge on any atom is 0.214 e. The number of hydrogen-bond donors (Lipinski definition) is 4. The average Bonchev–Trinajstić information content (AvgIpc) is 3.44. The van der Waals surface area contributed by atoms with Crippen molar-refractivity contribution in [1.82, 2.24) is 19.7 Å². The largest absolute Gasteiger partial charge is 0.399 e. The molecular formula is C27H22N6O. The molecule has 6 aromatic rings. The van der Waals surface area contributed by atoms with Crippen molar-refractivity contribution in [3.8, 4) is 16.8 Å². The number of nitrogen functional groups attached to an aromatic ring is 1. The molecule has 0 aliphatic rings. The van der Waals surface area contributed by atoms with Crippen molar-refractivity contribution in [2.45, 2.75) is 6.61 Å². The Morgan fingerprint density at radius 2 is 1.74 bits per heavy atom. The molecule has 0 aliphatic carbocycles.